The number of imidazole rings is 1. The molecule has 5 nitrogen and oxygen atoms in total. The molecule has 3 rings (SSSR count). The third-order valence-electron chi connectivity index (χ3n) is 4.16. The van der Waals surface area contributed by atoms with Gasteiger partial charge in [0.1, 0.15) is 0 Å². The highest BCUT2D eigenvalue weighted by Crippen LogP contribution is 2.22. The fourth-order valence-electron chi connectivity index (χ4n) is 3.09. The summed E-state index contributed by atoms with van der Waals surface area (Å²) in [6.45, 7) is 3.80. The maximum Gasteiger partial charge on any atom is 0.240 e. The van der Waals surface area contributed by atoms with Crippen molar-refractivity contribution in [3.05, 3.63) is 17.7 Å². The van der Waals surface area contributed by atoms with Gasteiger partial charge in [0, 0.05) is 25.6 Å². The van der Waals surface area contributed by atoms with Crippen molar-refractivity contribution in [3.63, 3.8) is 0 Å². The Morgan fingerprint density at radius 1 is 1.61 bits per heavy atom. The Kier molecular flexibility index (Phi) is 3.07. The SMILES string of the molecule is CCC1CCCN1C(=O)C1Cc2nc[nH]c2CN1. The van der Waals surface area contributed by atoms with Crippen LogP contribution >= 0.6 is 0 Å². The average Bonchev–Trinajstić information content (AvgIpc) is 3.05. The number of amides is 1. The highest BCUT2D eigenvalue weighted by atomic mass is 16.2. The second-order valence-electron chi connectivity index (χ2n) is 5.20. The van der Waals surface area contributed by atoms with Crippen molar-refractivity contribution in [1.82, 2.24) is 20.2 Å². The van der Waals surface area contributed by atoms with E-state index in [-0.39, 0.29) is 11.9 Å². The van der Waals surface area contributed by atoms with Gasteiger partial charge in [0.05, 0.1) is 23.8 Å². The van der Waals surface area contributed by atoms with Crippen LogP contribution in [0.5, 0.6) is 0 Å². The van der Waals surface area contributed by atoms with Crippen LogP contribution in [0.25, 0.3) is 0 Å². The molecule has 1 aromatic rings. The standard InChI is InChI=1S/C13H20N4O/c1-2-9-4-3-5-17(9)13(18)11-6-10-12(7-14-11)16-8-15-10/h8-9,11,14H,2-7H2,1H3,(H,15,16). The van der Waals surface area contributed by atoms with Crippen LogP contribution in [-0.2, 0) is 17.8 Å². The van der Waals surface area contributed by atoms with E-state index >= 15 is 0 Å². The minimum absolute atomic E-state index is 0.0899. The van der Waals surface area contributed by atoms with Crippen LogP contribution in [0.3, 0.4) is 0 Å². The van der Waals surface area contributed by atoms with Gasteiger partial charge >= 0.3 is 0 Å². The Hall–Kier alpha value is -1.36. The van der Waals surface area contributed by atoms with Crippen molar-refractivity contribution in [3.8, 4) is 0 Å². The van der Waals surface area contributed by atoms with Crippen molar-refractivity contribution in [2.45, 2.75) is 51.2 Å². The molecule has 2 N–H and O–H groups in total. The molecule has 3 heterocycles. The fourth-order valence-corrected chi connectivity index (χ4v) is 3.09. The number of hydrogen-bond acceptors (Lipinski definition) is 3. The number of hydrogen-bond donors (Lipinski definition) is 2. The van der Waals surface area contributed by atoms with E-state index in [0.717, 1.165) is 43.7 Å². The van der Waals surface area contributed by atoms with Gasteiger partial charge in [0.2, 0.25) is 5.91 Å². The molecule has 5 heteroatoms. The molecule has 0 aliphatic carbocycles. The minimum atomic E-state index is -0.0899. The molecule has 0 bridgehead atoms. The summed E-state index contributed by atoms with van der Waals surface area (Å²) >= 11 is 0. The molecule has 0 radical (unpaired) electrons. The molecule has 2 unspecified atom stereocenters. The lowest BCUT2D eigenvalue weighted by Gasteiger charge is -2.30. The average molecular weight is 248 g/mol. The summed E-state index contributed by atoms with van der Waals surface area (Å²) in [7, 11) is 0. The first-order chi connectivity index (χ1) is 8.79. The third-order valence-corrected chi connectivity index (χ3v) is 4.16. The number of aromatic nitrogens is 2. The van der Waals surface area contributed by atoms with E-state index in [1.807, 2.05) is 0 Å². The van der Waals surface area contributed by atoms with Crippen LogP contribution in [0, 0.1) is 0 Å². The summed E-state index contributed by atoms with van der Waals surface area (Å²) in [6, 6.07) is 0.354. The van der Waals surface area contributed by atoms with Crippen molar-refractivity contribution >= 4 is 5.91 Å². The molecular formula is C13H20N4O. The molecule has 1 aromatic heterocycles. The Balaban J connectivity index is 1.71. The summed E-state index contributed by atoms with van der Waals surface area (Å²) in [4.78, 5) is 22.0. The van der Waals surface area contributed by atoms with Crippen molar-refractivity contribution < 1.29 is 4.79 Å². The molecule has 0 saturated carbocycles. The number of nitrogens with zero attached hydrogens (tertiary/aromatic N) is 2. The van der Waals surface area contributed by atoms with Crippen LogP contribution in [0.2, 0.25) is 0 Å². The highest BCUT2D eigenvalue weighted by Gasteiger charge is 2.34. The van der Waals surface area contributed by atoms with Gasteiger partial charge < -0.3 is 9.88 Å². The topological polar surface area (TPSA) is 61.0 Å². The van der Waals surface area contributed by atoms with Gasteiger partial charge in [-0.2, -0.15) is 0 Å². The van der Waals surface area contributed by atoms with Crippen LogP contribution in [0.1, 0.15) is 37.6 Å². The zero-order chi connectivity index (χ0) is 12.5. The van der Waals surface area contributed by atoms with Gasteiger partial charge in [-0.3, -0.25) is 10.1 Å². The van der Waals surface area contributed by atoms with Crippen molar-refractivity contribution in [1.29, 1.82) is 0 Å². The molecule has 18 heavy (non-hydrogen) atoms. The zero-order valence-corrected chi connectivity index (χ0v) is 10.8. The van der Waals surface area contributed by atoms with E-state index in [1.165, 1.54) is 0 Å². The molecule has 2 atom stereocenters. The minimum Gasteiger partial charge on any atom is -0.347 e. The van der Waals surface area contributed by atoms with Gasteiger partial charge in [-0.05, 0) is 19.3 Å². The van der Waals surface area contributed by atoms with Crippen LogP contribution in [0.15, 0.2) is 6.33 Å². The summed E-state index contributed by atoms with van der Waals surface area (Å²) in [5.41, 5.74) is 2.16. The molecule has 2 aliphatic heterocycles. The van der Waals surface area contributed by atoms with Gasteiger partial charge in [0.15, 0.2) is 0 Å². The second kappa shape index (κ2) is 4.72. The smallest absolute Gasteiger partial charge is 0.240 e. The molecule has 1 saturated heterocycles. The maximum atomic E-state index is 12.5. The number of likely N-dealkylation sites (tertiary alicyclic amines) is 1. The number of aromatic amines is 1. The van der Waals surface area contributed by atoms with Crippen molar-refractivity contribution in [2.24, 2.45) is 0 Å². The predicted octanol–water partition coefficient (Wildman–Crippen LogP) is 0.825. The van der Waals surface area contributed by atoms with E-state index < -0.39 is 0 Å². The van der Waals surface area contributed by atoms with Gasteiger partial charge in [0.25, 0.3) is 0 Å². The van der Waals surface area contributed by atoms with E-state index in [9.17, 15) is 4.79 Å². The normalized spacial score (nSPS) is 27.3. The van der Waals surface area contributed by atoms with E-state index in [2.05, 4.69) is 27.1 Å². The summed E-state index contributed by atoms with van der Waals surface area (Å²) in [5, 5.41) is 3.32. The Labute approximate surface area is 107 Å². The molecule has 1 amide bonds. The number of nitrogens with one attached hydrogen (secondary N) is 2. The number of fused-ring (bicyclic) bond motifs is 1. The highest BCUT2D eigenvalue weighted by molar-refractivity contribution is 5.83. The number of carbonyl (C=O) groups excluding carboxylic acids is 1. The first-order valence-electron chi connectivity index (χ1n) is 6.84. The van der Waals surface area contributed by atoms with E-state index in [1.54, 1.807) is 6.33 Å². The lowest BCUT2D eigenvalue weighted by Crippen LogP contribution is -2.50. The molecule has 1 fully saturated rings. The quantitative estimate of drug-likeness (QED) is 0.815. The van der Waals surface area contributed by atoms with Crippen LogP contribution in [0.4, 0.5) is 0 Å². The molecule has 0 aromatic carbocycles. The van der Waals surface area contributed by atoms with Gasteiger partial charge in [-0.15, -0.1) is 0 Å². The lowest BCUT2D eigenvalue weighted by molar-refractivity contribution is -0.134. The largest absolute Gasteiger partial charge is 0.347 e. The van der Waals surface area contributed by atoms with Crippen LogP contribution < -0.4 is 5.32 Å². The Morgan fingerprint density at radius 2 is 2.50 bits per heavy atom. The third kappa shape index (κ3) is 1.92. The van der Waals surface area contributed by atoms with Gasteiger partial charge in [-0.25, -0.2) is 4.98 Å². The predicted molar refractivity (Wildman–Crippen MR) is 67.9 cm³/mol. The van der Waals surface area contributed by atoms with E-state index in [4.69, 9.17) is 0 Å². The fraction of sp³-hybridized carbons (Fsp3) is 0.692. The van der Waals surface area contributed by atoms with E-state index in [0.29, 0.717) is 12.5 Å². The van der Waals surface area contributed by atoms with Crippen molar-refractivity contribution in [2.75, 3.05) is 6.54 Å². The first-order valence-corrected chi connectivity index (χ1v) is 6.84. The monoisotopic (exact) mass is 248 g/mol. The summed E-state index contributed by atoms with van der Waals surface area (Å²) in [5.74, 6) is 0.257. The molecular weight excluding hydrogens is 228 g/mol. The number of carbonyl (C=O) groups is 1. The maximum absolute atomic E-state index is 12.5. The van der Waals surface area contributed by atoms with Crippen LogP contribution in [-0.4, -0.2) is 39.4 Å². The molecule has 0 spiro atoms. The molecule has 2 aliphatic rings. The Morgan fingerprint density at radius 3 is 3.33 bits per heavy atom. The number of H-pyrrole nitrogens is 1. The lowest BCUT2D eigenvalue weighted by atomic mass is 10.0. The summed E-state index contributed by atoms with van der Waals surface area (Å²) in [6.07, 6.45) is 5.79. The zero-order valence-electron chi connectivity index (χ0n) is 10.8. The molecule has 98 valence electrons. The summed E-state index contributed by atoms with van der Waals surface area (Å²) < 4.78 is 0. The first kappa shape index (κ1) is 11.7. The Bertz CT molecular complexity index is 442. The number of rotatable bonds is 2. The second-order valence-corrected chi connectivity index (χ2v) is 5.20. The van der Waals surface area contributed by atoms with Gasteiger partial charge in [-0.1, -0.05) is 6.92 Å².